The molecule has 0 atom stereocenters. The van der Waals surface area contributed by atoms with E-state index in [-0.39, 0.29) is 6.04 Å². The number of carbonyl (C=O) groups excluding carboxylic acids is 3. The molecule has 142 valence electrons. The number of hydrogen-bond acceptors (Lipinski definition) is 5. The Morgan fingerprint density at radius 1 is 0.963 bits per heavy atom. The Labute approximate surface area is 157 Å². The zero-order valence-corrected chi connectivity index (χ0v) is 15.2. The minimum atomic E-state index is -0.700. The fourth-order valence-electron chi connectivity index (χ4n) is 2.10. The number of imide groups is 1. The third-order valence-corrected chi connectivity index (χ3v) is 3.35. The minimum Gasteiger partial charge on any atom is -0.489 e. The highest BCUT2D eigenvalue weighted by Gasteiger charge is 2.13. The van der Waals surface area contributed by atoms with Gasteiger partial charge in [-0.1, -0.05) is 30.3 Å². The van der Waals surface area contributed by atoms with Crippen molar-refractivity contribution in [3.63, 3.8) is 0 Å². The molecular weight excluding hydrogens is 348 g/mol. The highest BCUT2D eigenvalue weighted by molar-refractivity contribution is 5.97. The van der Waals surface area contributed by atoms with E-state index in [0.717, 1.165) is 11.3 Å². The second-order valence-electron chi connectivity index (χ2n) is 6.05. The van der Waals surface area contributed by atoms with Crippen LogP contribution in [0.2, 0.25) is 0 Å². The Hall–Kier alpha value is -3.35. The van der Waals surface area contributed by atoms with Gasteiger partial charge in [0.15, 0.2) is 6.61 Å². The first kappa shape index (κ1) is 20.0. The Morgan fingerprint density at radius 3 is 2.26 bits per heavy atom. The number of hydrogen-bond donors (Lipinski definition) is 2. The van der Waals surface area contributed by atoms with E-state index in [0.29, 0.717) is 12.2 Å². The fraction of sp³-hybridized carbons (Fsp3) is 0.250. The molecule has 0 heterocycles. The summed E-state index contributed by atoms with van der Waals surface area (Å²) in [5.74, 6) is -0.590. The largest absolute Gasteiger partial charge is 0.489 e. The molecule has 7 nitrogen and oxygen atoms in total. The van der Waals surface area contributed by atoms with Gasteiger partial charge in [0, 0.05) is 6.04 Å². The van der Waals surface area contributed by atoms with E-state index in [4.69, 9.17) is 9.47 Å². The molecule has 0 aromatic heterocycles. The average Bonchev–Trinajstić information content (AvgIpc) is 2.65. The highest BCUT2D eigenvalue weighted by atomic mass is 16.5. The summed E-state index contributed by atoms with van der Waals surface area (Å²) in [6.45, 7) is 3.35. The van der Waals surface area contributed by atoms with Gasteiger partial charge in [-0.05, 0) is 43.7 Å². The molecule has 7 heteroatoms. The van der Waals surface area contributed by atoms with Gasteiger partial charge in [-0.2, -0.15) is 0 Å². The van der Waals surface area contributed by atoms with Gasteiger partial charge >= 0.3 is 12.0 Å². The van der Waals surface area contributed by atoms with E-state index in [9.17, 15) is 14.4 Å². The van der Waals surface area contributed by atoms with E-state index >= 15 is 0 Å². The Morgan fingerprint density at radius 2 is 1.63 bits per heavy atom. The summed E-state index contributed by atoms with van der Waals surface area (Å²) < 4.78 is 10.5. The standard InChI is InChI=1S/C20H22N2O5/c1-14(2)21-20(25)22-18(23)13-27-19(24)16-10-8-15(9-11-16)12-26-17-6-4-3-5-7-17/h3-11,14H,12-13H2,1-2H3,(H2,21,22,23,25). The predicted molar refractivity (Wildman–Crippen MR) is 99.3 cm³/mol. The van der Waals surface area contributed by atoms with Crippen LogP contribution in [0.1, 0.15) is 29.8 Å². The number of ether oxygens (including phenoxy) is 2. The van der Waals surface area contributed by atoms with Crippen LogP contribution in [0.15, 0.2) is 54.6 Å². The van der Waals surface area contributed by atoms with Gasteiger partial charge in [0.05, 0.1) is 5.56 Å². The number of esters is 1. The van der Waals surface area contributed by atoms with Crippen molar-refractivity contribution < 1.29 is 23.9 Å². The first-order valence-electron chi connectivity index (χ1n) is 8.48. The Balaban J connectivity index is 1.77. The van der Waals surface area contributed by atoms with Crippen LogP contribution in [0.5, 0.6) is 5.75 Å². The lowest BCUT2D eigenvalue weighted by atomic mass is 10.1. The topological polar surface area (TPSA) is 93.7 Å². The molecule has 0 unspecified atom stereocenters. The third kappa shape index (κ3) is 7.19. The van der Waals surface area contributed by atoms with Crippen LogP contribution in [-0.2, 0) is 16.1 Å². The molecule has 0 saturated carbocycles. The molecule has 3 amide bonds. The van der Waals surface area contributed by atoms with Crippen molar-refractivity contribution in [1.29, 1.82) is 0 Å². The normalized spacial score (nSPS) is 10.2. The molecule has 0 spiro atoms. The van der Waals surface area contributed by atoms with E-state index in [1.807, 2.05) is 30.3 Å². The first-order valence-corrected chi connectivity index (χ1v) is 8.48. The van der Waals surface area contributed by atoms with Crippen molar-refractivity contribution in [1.82, 2.24) is 10.6 Å². The van der Waals surface area contributed by atoms with Crippen molar-refractivity contribution >= 4 is 17.9 Å². The smallest absolute Gasteiger partial charge is 0.338 e. The molecule has 2 rings (SSSR count). The molecule has 0 aliphatic rings. The summed E-state index contributed by atoms with van der Waals surface area (Å²) >= 11 is 0. The first-order chi connectivity index (χ1) is 12.9. The van der Waals surface area contributed by atoms with Gasteiger partial charge in [-0.15, -0.1) is 0 Å². The van der Waals surface area contributed by atoms with Gasteiger partial charge in [-0.25, -0.2) is 9.59 Å². The van der Waals surface area contributed by atoms with Crippen molar-refractivity contribution in [2.75, 3.05) is 6.61 Å². The monoisotopic (exact) mass is 370 g/mol. The maximum Gasteiger partial charge on any atom is 0.338 e. The van der Waals surface area contributed by atoms with Gasteiger partial charge in [0.1, 0.15) is 12.4 Å². The van der Waals surface area contributed by atoms with Crippen LogP contribution in [-0.4, -0.2) is 30.6 Å². The Bertz CT molecular complexity index is 773. The number of carbonyl (C=O) groups is 3. The molecule has 27 heavy (non-hydrogen) atoms. The second kappa shape index (κ2) is 9.96. The molecule has 2 aromatic rings. The fourth-order valence-corrected chi connectivity index (χ4v) is 2.10. The number of rotatable bonds is 7. The van der Waals surface area contributed by atoms with Crippen molar-refractivity contribution in [2.24, 2.45) is 0 Å². The van der Waals surface area contributed by atoms with E-state index in [1.165, 1.54) is 0 Å². The molecule has 2 N–H and O–H groups in total. The van der Waals surface area contributed by atoms with Crippen molar-refractivity contribution in [2.45, 2.75) is 26.5 Å². The number of nitrogens with one attached hydrogen (secondary N) is 2. The summed E-state index contributed by atoms with van der Waals surface area (Å²) in [4.78, 5) is 34.9. The molecular formula is C20H22N2O5. The lowest BCUT2D eigenvalue weighted by molar-refractivity contribution is -0.123. The molecule has 0 fully saturated rings. The maximum absolute atomic E-state index is 12.0. The molecule has 2 aromatic carbocycles. The van der Waals surface area contributed by atoms with Crippen LogP contribution >= 0.6 is 0 Å². The number of amides is 3. The van der Waals surface area contributed by atoms with Crippen LogP contribution in [0.25, 0.3) is 0 Å². The van der Waals surface area contributed by atoms with Crippen LogP contribution in [0.4, 0.5) is 4.79 Å². The van der Waals surface area contributed by atoms with Crippen LogP contribution < -0.4 is 15.4 Å². The van der Waals surface area contributed by atoms with Gasteiger partial charge < -0.3 is 14.8 Å². The third-order valence-electron chi connectivity index (χ3n) is 3.35. The number of urea groups is 1. The summed E-state index contributed by atoms with van der Waals surface area (Å²) in [7, 11) is 0. The summed E-state index contributed by atoms with van der Waals surface area (Å²) in [6, 6.07) is 15.3. The Kier molecular flexibility index (Phi) is 7.37. The van der Waals surface area contributed by atoms with Gasteiger partial charge in [-0.3, -0.25) is 10.1 Å². The lowest BCUT2D eigenvalue weighted by Crippen LogP contribution is -2.44. The lowest BCUT2D eigenvalue weighted by Gasteiger charge is -2.10. The minimum absolute atomic E-state index is 0.107. The molecule has 0 saturated heterocycles. The second-order valence-corrected chi connectivity index (χ2v) is 6.05. The van der Waals surface area contributed by atoms with E-state index in [2.05, 4.69) is 10.6 Å². The maximum atomic E-state index is 12.0. The average molecular weight is 370 g/mol. The zero-order valence-electron chi connectivity index (χ0n) is 15.2. The highest BCUT2D eigenvalue weighted by Crippen LogP contribution is 2.12. The summed E-state index contributed by atoms with van der Waals surface area (Å²) in [5.41, 5.74) is 1.19. The number of benzene rings is 2. The van der Waals surface area contributed by atoms with Crippen molar-refractivity contribution in [3.05, 3.63) is 65.7 Å². The van der Waals surface area contributed by atoms with E-state index < -0.39 is 24.5 Å². The summed E-state index contributed by atoms with van der Waals surface area (Å²) in [6.07, 6.45) is 0. The van der Waals surface area contributed by atoms with Gasteiger partial charge in [0.2, 0.25) is 0 Å². The number of para-hydroxylation sites is 1. The molecule has 0 aliphatic carbocycles. The van der Waals surface area contributed by atoms with Crippen LogP contribution in [0, 0.1) is 0 Å². The quantitative estimate of drug-likeness (QED) is 0.731. The van der Waals surface area contributed by atoms with Gasteiger partial charge in [0.25, 0.3) is 5.91 Å². The molecule has 0 radical (unpaired) electrons. The van der Waals surface area contributed by atoms with Crippen LogP contribution in [0.3, 0.4) is 0 Å². The predicted octanol–water partition coefficient (Wildman–Crippen LogP) is 2.66. The van der Waals surface area contributed by atoms with E-state index in [1.54, 1.807) is 38.1 Å². The molecule has 0 aliphatic heterocycles. The SMILES string of the molecule is CC(C)NC(=O)NC(=O)COC(=O)c1ccc(COc2ccccc2)cc1. The zero-order chi connectivity index (χ0) is 19.6. The summed E-state index contributed by atoms with van der Waals surface area (Å²) in [5, 5.41) is 4.58. The van der Waals surface area contributed by atoms with Crippen molar-refractivity contribution in [3.8, 4) is 5.75 Å². The molecule has 0 bridgehead atoms.